The first-order chi connectivity index (χ1) is 17.0. The quantitative estimate of drug-likeness (QED) is 0.189. The number of benzene rings is 3. The maximum absolute atomic E-state index is 12.4. The van der Waals surface area contributed by atoms with Gasteiger partial charge in [0.1, 0.15) is 11.5 Å². The summed E-state index contributed by atoms with van der Waals surface area (Å²) in [5.41, 5.74) is 4.82. The molecule has 0 radical (unpaired) electrons. The SMILES string of the molecule is CCOc1ccc(-n2c(SCC(=O)N/N=C/c3cccc(O)c3)nnc2-c2ccc(Cl)cc2)cc1. The Morgan fingerprint density at radius 1 is 1.14 bits per heavy atom. The van der Waals surface area contributed by atoms with Crippen molar-refractivity contribution in [1.82, 2.24) is 20.2 Å². The maximum Gasteiger partial charge on any atom is 0.250 e. The van der Waals surface area contributed by atoms with Crippen molar-refractivity contribution in [2.24, 2.45) is 5.10 Å². The van der Waals surface area contributed by atoms with E-state index in [0.717, 1.165) is 17.0 Å². The Balaban J connectivity index is 1.52. The van der Waals surface area contributed by atoms with Crippen LogP contribution >= 0.6 is 23.4 Å². The first kappa shape index (κ1) is 24.3. The van der Waals surface area contributed by atoms with E-state index in [0.29, 0.717) is 28.2 Å². The molecule has 8 nitrogen and oxygen atoms in total. The summed E-state index contributed by atoms with van der Waals surface area (Å²) >= 11 is 7.29. The summed E-state index contributed by atoms with van der Waals surface area (Å²) in [7, 11) is 0. The second-order valence-electron chi connectivity index (χ2n) is 7.25. The molecule has 0 atom stereocenters. The number of nitrogens with zero attached hydrogens (tertiary/aromatic N) is 4. The summed E-state index contributed by atoms with van der Waals surface area (Å²) in [6, 6.07) is 21.5. The van der Waals surface area contributed by atoms with E-state index < -0.39 is 0 Å². The topological polar surface area (TPSA) is 102 Å². The lowest BCUT2D eigenvalue weighted by atomic mass is 10.2. The third-order valence-electron chi connectivity index (χ3n) is 4.75. The monoisotopic (exact) mass is 507 g/mol. The number of carbonyl (C=O) groups excluding carboxylic acids is 1. The molecule has 4 aromatic rings. The Kier molecular flexibility index (Phi) is 8.02. The number of amides is 1. The maximum atomic E-state index is 12.4. The molecule has 1 aromatic heterocycles. The third-order valence-corrected chi connectivity index (χ3v) is 5.93. The highest BCUT2D eigenvalue weighted by Crippen LogP contribution is 2.29. The van der Waals surface area contributed by atoms with Gasteiger partial charge in [-0.3, -0.25) is 9.36 Å². The average Bonchev–Trinajstić information content (AvgIpc) is 3.28. The largest absolute Gasteiger partial charge is 0.508 e. The number of carbonyl (C=O) groups is 1. The fourth-order valence-corrected chi connectivity index (χ4v) is 4.06. The Morgan fingerprint density at radius 2 is 1.91 bits per heavy atom. The van der Waals surface area contributed by atoms with E-state index in [2.05, 4.69) is 20.7 Å². The second-order valence-corrected chi connectivity index (χ2v) is 8.63. The number of ether oxygens (including phenoxy) is 1. The highest BCUT2D eigenvalue weighted by atomic mass is 35.5. The van der Waals surface area contributed by atoms with Gasteiger partial charge in [0.2, 0.25) is 0 Å². The van der Waals surface area contributed by atoms with Gasteiger partial charge in [0.05, 0.1) is 18.6 Å². The van der Waals surface area contributed by atoms with E-state index in [-0.39, 0.29) is 17.4 Å². The van der Waals surface area contributed by atoms with E-state index in [1.807, 2.05) is 47.9 Å². The molecular formula is C25H22ClN5O3S. The van der Waals surface area contributed by atoms with Crippen molar-refractivity contribution >= 4 is 35.5 Å². The van der Waals surface area contributed by atoms with Gasteiger partial charge in [0.25, 0.3) is 5.91 Å². The lowest BCUT2D eigenvalue weighted by Gasteiger charge is -2.11. The number of hydrogen-bond acceptors (Lipinski definition) is 7. The molecule has 35 heavy (non-hydrogen) atoms. The predicted octanol–water partition coefficient (Wildman–Crippen LogP) is 4.93. The summed E-state index contributed by atoms with van der Waals surface area (Å²) in [5.74, 6) is 1.28. The molecular weight excluding hydrogens is 486 g/mol. The number of aromatic hydroxyl groups is 1. The Hall–Kier alpha value is -3.82. The van der Waals surface area contributed by atoms with Crippen LogP contribution in [0.5, 0.6) is 11.5 Å². The molecule has 178 valence electrons. The number of phenols is 1. The van der Waals surface area contributed by atoms with Crippen LogP contribution in [0, 0.1) is 0 Å². The van der Waals surface area contributed by atoms with Gasteiger partial charge in [0, 0.05) is 16.3 Å². The van der Waals surface area contributed by atoms with Crippen molar-refractivity contribution in [1.29, 1.82) is 0 Å². The molecule has 0 saturated heterocycles. The van der Waals surface area contributed by atoms with E-state index in [9.17, 15) is 9.90 Å². The van der Waals surface area contributed by atoms with Crippen LogP contribution in [0.4, 0.5) is 0 Å². The highest BCUT2D eigenvalue weighted by molar-refractivity contribution is 7.99. The van der Waals surface area contributed by atoms with Crippen LogP contribution in [0.1, 0.15) is 12.5 Å². The number of nitrogens with one attached hydrogen (secondary N) is 1. The molecule has 0 saturated carbocycles. The van der Waals surface area contributed by atoms with Crippen molar-refractivity contribution in [3.05, 3.63) is 83.4 Å². The number of hydrogen-bond donors (Lipinski definition) is 2. The molecule has 0 unspecified atom stereocenters. The van der Waals surface area contributed by atoms with Crippen LogP contribution in [0.15, 0.2) is 83.1 Å². The molecule has 10 heteroatoms. The van der Waals surface area contributed by atoms with Crippen LogP contribution in [0.2, 0.25) is 5.02 Å². The smallest absolute Gasteiger partial charge is 0.250 e. The van der Waals surface area contributed by atoms with Crippen molar-refractivity contribution in [3.63, 3.8) is 0 Å². The van der Waals surface area contributed by atoms with E-state index in [1.165, 1.54) is 18.0 Å². The fourth-order valence-electron chi connectivity index (χ4n) is 3.19. The molecule has 0 fully saturated rings. The summed E-state index contributed by atoms with van der Waals surface area (Å²) in [6.45, 7) is 2.51. The molecule has 1 heterocycles. The Bertz CT molecular complexity index is 1320. The number of hydrazone groups is 1. The van der Waals surface area contributed by atoms with Crippen LogP contribution in [0.25, 0.3) is 17.1 Å². The molecule has 0 aliphatic carbocycles. The number of rotatable bonds is 9. The van der Waals surface area contributed by atoms with Crippen LogP contribution in [0.3, 0.4) is 0 Å². The molecule has 0 aliphatic rings. The molecule has 0 spiro atoms. The molecule has 3 aromatic carbocycles. The highest BCUT2D eigenvalue weighted by Gasteiger charge is 2.17. The van der Waals surface area contributed by atoms with Crippen molar-refractivity contribution < 1.29 is 14.6 Å². The minimum Gasteiger partial charge on any atom is -0.508 e. The number of aromatic nitrogens is 3. The number of phenolic OH excluding ortho intramolecular Hbond substituents is 1. The van der Waals surface area contributed by atoms with Crippen molar-refractivity contribution in [3.8, 4) is 28.6 Å². The third kappa shape index (κ3) is 6.40. The number of halogens is 1. The number of thioether (sulfide) groups is 1. The Morgan fingerprint density at radius 3 is 2.63 bits per heavy atom. The lowest BCUT2D eigenvalue weighted by Crippen LogP contribution is -2.20. The van der Waals surface area contributed by atoms with Gasteiger partial charge >= 0.3 is 0 Å². The zero-order valence-corrected chi connectivity index (χ0v) is 20.3. The van der Waals surface area contributed by atoms with Gasteiger partial charge in [-0.15, -0.1) is 10.2 Å². The second kappa shape index (κ2) is 11.5. The van der Waals surface area contributed by atoms with E-state index in [1.54, 1.807) is 36.4 Å². The first-order valence-corrected chi connectivity index (χ1v) is 12.1. The summed E-state index contributed by atoms with van der Waals surface area (Å²) in [4.78, 5) is 12.4. The van der Waals surface area contributed by atoms with Gasteiger partial charge in [-0.25, -0.2) is 5.43 Å². The normalized spacial score (nSPS) is 11.0. The molecule has 0 aliphatic heterocycles. The van der Waals surface area contributed by atoms with Gasteiger partial charge in [-0.05, 0) is 73.2 Å². The van der Waals surface area contributed by atoms with Gasteiger partial charge < -0.3 is 9.84 Å². The summed E-state index contributed by atoms with van der Waals surface area (Å²) in [6.07, 6.45) is 1.46. The molecule has 1 amide bonds. The minimum atomic E-state index is -0.305. The van der Waals surface area contributed by atoms with Crippen LogP contribution < -0.4 is 10.2 Å². The Labute approximate surface area is 211 Å². The molecule has 0 bridgehead atoms. The first-order valence-electron chi connectivity index (χ1n) is 10.7. The zero-order chi connectivity index (χ0) is 24.6. The lowest BCUT2D eigenvalue weighted by molar-refractivity contribution is -0.118. The van der Waals surface area contributed by atoms with Gasteiger partial charge in [-0.1, -0.05) is 35.5 Å². The summed E-state index contributed by atoms with van der Waals surface area (Å²) in [5, 5.41) is 23.3. The van der Waals surface area contributed by atoms with E-state index in [4.69, 9.17) is 16.3 Å². The van der Waals surface area contributed by atoms with E-state index >= 15 is 0 Å². The zero-order valence-electron chi connectivity index (χ0n) is 18.8. The van der Waals surface area contributed by atoms with Crippen molar-refractivity contribution in [2.75, 3.05) is 12.4 Å². The predicted molar refractivity (Wildman–Crippen MR) is 138 cm³/mol. The molecule has 2 N–H and O–H groups in total. The fraction of sp³-hybridized carbons (Fsp3) is 0.120. The standard InChI is InChI=1S/C25H22ClN5O3S/c1-2-34-22-12-10-20(11-13-22)31-24(18-6-8-19(26)9-7-18)29-30-25(31)35-16-23(33)28-27-15-17-4-3-5-21(32)14-17/h3-15,32H,2,16H2,1H3,(H,28,33)/b27-15+. The van der Waals surface area contributed by atoms with Gasteiger partial charge in [-0.2, -0.15) is 5.10 Å². The van der Waals surface area contributed by atoms with Crippen molar-refractivity contribution in [2.45, 2.75) is 12.1 Å². The minimum absolute atomic E-state index is 0.0765. The van der Waals surface area contributed by atoms with Gasteiger partial charge in [0.15, 0.2) is 11.0 Å². The summed E-state index contributed by atoms with van der Waals surface area (Å²) < 4.78 is 7.43. The average molecular weight is 508 g/mol. The molecule has 4 rings (SSSR count). The van der Waals surface area contributed by atoms with Crippen LogP contribution in [-0.4, -0.2) is 44.4 Å². The van der Waals surface area contributed by atoms with Crippen LogP contribution in [-0.2, 0) is 4.79 Å².